The molecular formula is C14H26O. The summed E-state index contributed by atoms with van der Waals surface area (Å²) in [5, 5.41) is 0. The predicted octanol–water partition coefficient (Wildman–Crippen LogP) is 4.37. The minimum absolute atomic E-state index is 0.427. The highest BCUT2D eigenvalue weighted by molar-refractivity contribution is 5.73. The van der Waals surface area contributed by atoms with Crippen molar-refractivity contribution in [3.63, 3.8) is 0 Å². The lowest BCUT2D eigenvalue weighted by atomic mass is 9.92. The molecule has 0 spiro atoms. The van der Waals surface area contributed by atoms with E-state index >= 15 is 0 Å². The topological polar surface area (TPSA) is 17.1 Å². The first-order chi connectivity index (χ1) is 7.15. The fourth-order valence-electron chi connectivity index (χ4n) is 1.86. The first-order valence-corrected chi connectivity index (χ1v) is 6.32. The molecule has 0 radical (unpaired) electrons. The Kier molecular flexibility index (Phi) is 8.35. The van der Waals surface area contributed by atoms with Crippen molar-refractivity contribution in [2.75, 3.05) is 0 Å². The average Bonchev–Trinajstić information content (AvgIpc) is 2.23. The molecule has 0 aliphatic carbocycles. The van der Waals surface area contributed by atoms with E-state index in [1.54, 1.807) is 0 Å². The second kappa shape index (κ2) is 8.70. The Hall–Kier alpha value is -0.590. The number of carbonyl (C=O) groups excluding carboxylic acids is 1. The largest absolute Gasteiger partial charge is 0.298 e. The molecule has 1 heteroatoms. The number of aldehydes is 1. The molecule has 0 N–H and O–H groups in total. The Morgan fingerprint density at radius 3 is 2.27 bits per heavy atom. The van der Waals surface area contributed by atoms with E-state index in [0.29, 0.717) is 11.8 Å². The molecule has 0 saturated carbocycles. The maximum absolute atomic E-state index is 11.0. The minimum atomic E-state index is 0.427. The third kappa shape index (κ3) is 6.48. The minimum Gasteiger partial charge on any atom is -0.298 e. The first-order valence-electron chi connectivity index (χ1n) is 6.32. The molecule has 0 saturated heterocycles. The van der Waals surface area contributed by atoms with Crippen LogP contribution in [0.2, 0.25) is 0 Å². The molecule has 0 fully saturated rings. The molecule has 0 aliphatic heterocycles. The van der Waals surface area contributed by atoms with Crippen LogP contribution >= 0.6 is 0 Å². The van der Waals surface area contributed by atoms with Crippen LogP contribution in [-0.2, 0) is 4.79 Å². The maximum atomic E-state index is 11.0. The van der Waals surface area contributed by atoms with E-state index in [1.165, 1.54) is 19.3 Å². The van der Waals surface area contributed by atoms with Crippen molar-refractivity contribution in [3.8, 4) is 0 Å². The van der Waals surface area contributed by atoms with Crippen LogP contribution in [0.25, 0.3) is 0 Å². The van der Waals surface area contributed by atoms with Gasteiger partial charge in [-0.1, -0.05) is 53.0 Å². The summed E-state index contributed by atoms with van der Waals surface area (Å²) in [5.41, 5.74) is 1.00. The van der Waals surface area contributed by atoms with E-state index in [2.05, 4.69) is 33.8 Å². The van der Waals surface area contributed by atoms with Crippen LogP contribution in [0.5, 0.6) is 0 Å². The lowest BCUT2D eigenvalue weighted by Crippen LogP contribution is -2.03. The van der Waals surface area contributed by atoms with E-state index in [-0.39, 0.29) is 0 Å². The Labute approximate surface area is 95.0 Å². The van der Waals surface area contributed by atoms with Gasteiger partial charge in [0.05, 0.1) is 0 Å². The number of hydrogen-bond donors (Lipinski definition) is 0. The Balaban J connectivity index is 4.23. The monoisotopic (exact) mass is 210 g/mol. The number of unbranched alkanes of at least 4 members (excludes halogenated alkanes) is 1. The van der Waals surface area contributed by atoms with Gasteiger partial charge in [0.2, 0.25) is 0 Å². The Bertz CT molecular complexity index is 194. The summed E-state index contributed by atoms with van der Waals surface area (Å²) >= 11 is 0. The maximum Gasteiger partial charge on any atom is 0.145 e. The number of carbonyl (C=O) groups is 1. The zero-order valence-corrected chi connectivity index (χ0v) is 10.8. The van der Waals surface area contributed by atoms with Gasteiger partial charge in [-0.15, -0.1) is 0 Å². The van der Waals surface area contributed by atoms with Crippen molar-refractivity contribution in [2.24, 2.45) is 11.8 Å². The Morgan fingerprint density at radius 1 is 1.13 bits per heavy atom. The van der Waals surface area contributed by atoms with Crippen LogP contribution in [0.3, 0.4) is 0 Å². The summed E-state index contributed by atoms with van der Waals surface area (Å²) in [6.07, 6.45) is 9.17. The van der Waals surface area contributed by atoms with E-state index in [0.717, 1.165) is 24.7 Å². The van der Waals surface area contributed by atoms with Crippen LogP contribution in [0, 0.1) is 11.8 Å². The predicted molar refractivity (Wildman–Crippen MR) is 66.9 cm³/mol. The average molecular weight is 210 g/mol. The zero-order chi connectivity index (χ0) is 11.7. The highest BCUT2D eigenvalue weighted by Gasteiger charge is 2.08. The van der Waals surface area contributed by atoms with Crippen molar-refractivity contribution < 1.29 is 4.79 Å². The normalized spacial score (nSPS) is 16.1. The second-order valence-electron chi connectivity index (χ2n) is 4.59. The van der Waals surface area contributed by atoms with Gasteiger partial charge in [-0.3, -0.25) is 4.79 Å². The molecule has 88 valence electrons. The molecule has 15 heavy (non-hydrogen) atoms. The molecule has 0 heterocycles. The fraction of sp³-hybridized carbons (Fsp3) is 0.786. The second-order valence-corrected chi connectivity index (χ2v) is 4.59. The molecule has 2 atom stereocenters. The molecule has 0 rings (SSSR count). The van der Waals surface area contributed by atoms with Crippen molar-refractivity contribution >= 4 is 6.29 Å². The molecule has 2 unspecified atom stereocenters. The number of allylic oxidation sites excluding steroid dienone is 2. The van der Waals surface area contributed by atoms with Gasteiger partial charge in [0.25, 0.3) is 0 Å². The summed E-state index contributed by atoms with van der Waals surface area (Å²) in [7, 11) is 0. The van der Waals surface area contributed by atoms with Crippen LogP contribution in [0.15, 0.2) is 11.6 Å². The van der Waals surface area contributed by atoms with Crippen LogP contribution < -0.4 is 0 Å². The van der Waals surface area contributed by atoms with Crippen molar-refractivity contribution in [1.29, 1.82) is 0 Å². The van der Waals surface area contributed by atoms with Crippen molar-refractivity contribution in [1.82, 2.24) is 0 Å². The molecule has 0 aromatic heterocycles. The standard InChI is InChI=1S/C14H26O/c1-5-7-9-12(3)10-14(11-15)13(4)8-6-2/h10-13H,5-9H2,1-4H3. The van der Waals surface area contributed by atoms with E-state index in [1.807, 2.05) is 0 Å². The lowest BCUT2D eigenvalue weighted by Gasteiger charge is -2.12. The SMILES string of the molecule is CCCCC(C)C=C(C=O)C(C)CCC. The third-order valence-corrected chi connectivity index (χ3v) is 2.92. The molecule has 0 bridgehead atoms. The number of rotatable bonds is 8. The first kappa shape index (κ1) is 14.4. The molecule has 1 nitrogen and oxygen atoms in total. The summed E-state index contributed by atoms with van der Waals surface area (Å²) < 4.78 is 0. The summed E-state index contributed by atoms with van der Waals surface area (Å²) in [4.78, 5) is 11.0. The van der Waals surface area contributed by atoms with E-state index < -0.39 is 0 Å². The highest BCUT2D eigenvalue weighted by Crippen LogP contribution is 2.19. The van der Waals surface area contributed by atoms with Crippen LogP contribution in [0.4, 0.5) is 0 Å². The van der Waals surface area contributed by atoms with Gasteiger partial charge >= 0.3 is 0 Å². The van der Waals surface area contributed by atoms with E-state index in [4.69, 9.17) is 0 Å². The van der Waals surface area contributed by atoms with Gasteiger partial charge in [-0.2, -0.15) is 0 Å². The summed E-state index contributed by atoms with van der Waals surface area (Å²) in [6.45, 7) is 8.73. The van der Waals surface area contributed by atoms with Crippen LogP contribution in [-0.4, -0.2) is 6.29 Å². The van der Waals surface area contributed by atoms with Gasteiger partial charge in [0, 0.05) is 0 Å². The smallest absolute Gasteiger partial charge is 0.145 e. The molecule has 0 aromatic carbocycles. The van der Waals surface area contributed by atoms with Crippen LogP contribution in [0.1, 0.15) is 59.8 Å². The quantitative estimate of drug-likeness (QED) is 0.429. The van der Waals surface area contributed by atoms with Crippen molar-refractivity contribution in [2.45, 2.75) is 59.8 Å². The number of hydrogen-bond acceptors (Lipinski definition) is 1. The van der Waals surface area contributed by atoms with Gasteiger partial charge in [0.15, 0.2) is 0 Å². The lowest BCUT2D eigenvalue weighted by molar-refractivity contribution is -0.105. The van der Waals surface area contributed by atoms with E-state index in [9.17, 15) is 4.79 Å². The van der Waals surface area contributed by atoms with Gasteiger partial charge < -0.3 is 0 Å². The summed E-state index contributed by atoms with van der Waals surface area (Å²) in [5.74, 6) is 0.973. The Morgan fingerprint density at radius 2 is 1.80 bits per heavy atom. The van der Waals surface area contributed by atoms with Crippen molar-refractivity contribution in [3.05, 3.63) is 11.6 Å². The molecule has 0 amide bonds. The van der Waals surface area contributed by atoms with Gasteiger partial charge in [-0.05, 0) is 30.3 Å². The molecular weight excluding hydrogens is 184 g/mol. The fourth-order valence-corrected chi connectivity index (χ4v) is 1.86. The highest BCUT2D eigenvalue weighted by atomic mass is 16.1. The van der Waals surface area contributed by atoms with Gasteiger partial charge in [0.1, 0.15) is 6.29 Å². The zero-order valence-electron chi connectivity index (χ0n) is 10.8. The molecule has 0 aliphatic rings. The summed E-state index contributed by atoms with van der Waals surface area (Å²) in [6, 6.07) is 0. The third-order valence-electron chi connectivity index (χ3n) is 2.92. The molecule has 0 aromatic rings. The van der Waals surface area contributed by atoms with Gasteiger partial charge in [-0.25, -0.2) is 0 Å².